The van der Waals surface area contributed by atoms with Crippen LogP contribution in [0.25, 0.3) is 41.0 Å². The van der Waals surface area contributed by atoms with Gasteiger partial charge in [-0.15, -0.1) is 0 Å². The molecule has 1 aliphatic heterocycles. The molecule has 7 rings (SSSR count). The lowest BCUT2D eigenvalue weighted by Gasteiger charge is -2.24. The fourth-order valence-electron chi connectivity index (χ4n) is 5.41. The van der Waals surface area contributed by atoms with Crippen LogP contribution in [0.4, 0.5) is 5.69 Å². The second kappa shape index (κ2) is 12.6. The molecule has 1 aromatic heterocycles. The lowest BCUT2D eigenvalue weighted by atomic mass is 10.0. The van der Waals surface area contributed by atoms with E-state index in [0.717, 1.165) is 45.8 Å². The van der Waals surface area contributed by atoms with Gasteiger partial charge in [-0.25, -0.2) is 4.98 Å². The largest absolute Gasteiger partial charge is 0.436 e. The molecule has 0 spiro atoms. The van der Waals surface area contributed by atoms with Crippen molar-refractivity contribution in [3.63, 3.8) is 0 Å². The van der Waals surface area contributed by atoms with Crippen LogP contribution in [-0.4, -0.2) is 10.7 Å². The van der Waals surface area contributed by atoms with Crippen molar-refractivity contribution in [2.45, 2.75) is 12.5 Å². The van der Waals surface area contributed by atoms with Gasteiger partial charge in [-0.05, 0) is 52.6 Å². The van der Waals surface area contributed by atoms with Crippen LogP contribution in [0.15, 0.2) is 161 Å². The number of rotatable bonds is 8. The monoisotopic (exact) mass is 569 g/mol. The molecule has 1 aliphatic rings. The zero-order valence-electron chi connectivity index (χ0n) is 24.2. The maximum atomic E-state index is 6.07. The molecular weight excluding hydrogens is 538 g/mol. The van der Waals surface area contributed by atoms with E-state index in [4.69, 9.17) is 9.52 Å². The zero-order valence-corrected chi connectivity index (χ0v) is 24.2. The third-order valence-electron chi connectivity index (χ3n) is 7.71. The quantitative estimate of drug-likeness (QED) is 0.171. The highest BCUT2D eigenvalue weighted by Gasteiger charge is 2.28. The van der Waals surface area contributed by atoms with E-state index in [1.807, 2.05) is 48.5 Å². The summed E-state index contributed by atoms with van der Waals surface area (Å²) in [6, 6.07) is 48.0. The molecule has 0 radical (unpaired) electrons. The van der Waals surface area contributed by atoms with E-state index < -0.39 is 0 Å². The van der Waals surface area contributed by atoms with Crippen molar-refractivity contribution in [1.82, 2.24) is 4.98 Å². The summed E-state index contributed by atoms with van der Waals surface area (Å²) in [5, 5.41) is 7.19. The summed E-state index contributed by atoms with van der Waals surface area (Å²) >= 11 is 0. The summed E-state index contributed by atoms with van der Waals surface area (Å²) in [5.74, 6) is 1.37. The number of hydrazone groups is 1. The SMILES string of the molecule is C(=Cc1ccccc1)C1=NN(c2ccc(/C=C/c3cccc(-c4ncc(-c5ccccc5)o4)c3)cc2)C(c2ccccc2)C1. The van der Waals surface area contributed by atoms with Gasteiger partial charge in [0.05, 0.1) is 23.6 Å². The van der Waals surface area contributed by atoms with Crippen LogP contribution >= 0.6 is 0 Å². The fraction of sp³-hybridized carbons (Fsp3) is 0.0500. The summed E-state index contributed by atoms with van der Waals surface area (Å²) in [6.45, 7) is 0. The van der Waals surface area contributed by atoms with Crippen LogP contribution < -0.4 is 5.01 Å². The molecule has 0 saturated heterocycles. The van der Waals surface area contributed by atoms with Gasteiger partial charge in [0, 0.05) is 17.5 Å². The van der Waals surface area contributed by atoms with E-state index in [2.05, 4.69) is 125 Å². The van der Waals surface area contributed by atoms with Gasteiger partial charge in [0.15, 0.2) is 5.76 Å². The number of oxazole rings is 1. The number of hydrogen-bond donors (Lipinski definition) is 0. The fourth-order valence-corrected chi connectivity index (χ4v) is 5.41. The van der Waals surface area contributed by atoms with Crippen molar-refractivity contribution < 1.29 is 4.42 Å². The van der Waals surface area contributed by atoms with E-state index in [0.29, 0.717) is 5.89 Å². The molecule has 0 aliphatic carbocycles. The van der Waals surface area contributed by atoms with Crippen molar-refractivity contribution in [3.05, 3.63) is 174 Å². The number of benzene rings is 5. The van der Waals surface area contributed by atoms with Crippen LogP contribution in [0.2, 0.25) is 0 Å². The first-order chi connectivity index (χ1) is 21.8. The first kappa shape index (κ1) is 27.1. The summed E-state index contributed by atoms with van der Waals surface area (Å²) in [7, 11) is 0. The van der Waals surface area contributed by atoms with Gasteiger partial charge in [-0.1, -0.05) is 133 Å². The normalized spacial score (nSPS) is 14.9. The van der Waals surface area contributed by atoms with Crippen LogP contribution in [0, 0.1) is 0 Å². The minimum Gasteiger partial charge on any atom is -0.436 e. The highest BCUT2D eigenvalue weighted by atomic mass is 16.4. The van der Waals surface area contributed by atoms with Gasteiger partial charge < -0.3 is 4.42 Å². The second-order valence-corrected chi connectivity index (χ2v) is 10.8. The Morgan fingerprint density at radius 3 is 1.98 bits per heavy atom. The Morgan fingerprint density at radius 2 is 1.20 bits per heavy atom. The van der Waals surface area contributed by atoms with Crippen LogP contribution in [-0.2, 0) is 0 Å². The number of aromatic nitrogens is 1. The van der Waals surface area contributed by atoms with Crippen molar-refractivity contribution in [1.29, 1.82) is 0 Å². The van der Waals surface area contributed by atoms with E-state index in [9.17, 15) is 0 Å². The number of anilines is 1. The molecule has 0 amide bonds. The molecule has 1 unspecified atom stereocenters. The van der Waals surface area contributed by atoms with E-state index >= 15 is 0 Å². The molecule has 0 N–H and O–H groups in total. The molecule has 0 bridgehead atoms. The Bertz CT molecular complexity index is 1920. The number of hydrogen-bond acceptors (Lipinski definition) is 4. The third kappa shape index (κ3) is 6.20. The maximum Gasteiger partial charge on any atom is 0.226 e. The minimum absolute atomic E-state index is 0.147. The summed E-state index contributed by atoms with van der Waals surface area (Å²) in [6.07, 6.45) is 11.2. The molecule has 212 valence electrons. The lowest BCUT2D eigenvalue weighted by Crippen LogP contribution is -2.18. The average molecular weight is 570 g/mol. The smallest absolute Gasteiger partial charge is 0.226 e. The molecule has 0 fully saturated rings. The molecule has 0 saturated carbocycles. The Balaban J connectivity index is 1.09. The van der Waals surface area contributed by atoms with Gasteiger partial charge in [-0.3, -0.25) is 5.01 Å². The molecule has 1 atom stereocenters. The first-order valence-electron chi connectivity index (χ1n) is 14.8. The van der Waals surface area contributed by atoms with Crippen molar-refractivity contribution >= 4 is 29.6 Å². The average Bonchev–Trinajstić information content (AvgIpc) is 3.77. The molecule has 44 heavy (non-hydrogen) atoms. The van der Waals surface area contributed by atoms with E-state index in [1.54, 1.807) is 6.20 Å². The third-order valence-corrected chi connectivity index (χ3v) is 7.71. The molecule has 2 heterocycles. The summed E-state index contributed by atoms with van der Waals surface area (Å²) in [4.78, 5) is 4.52. The van der Waals surface area contributed by atoms with Crippen molar-refractivity contribution in [2.24, 2.45) is 5.10 Å². The minimum atomic E-state index is 0.147. The van der Waals surface area contributed by atoms with E-state index in [-0.39, 0.29) is 6.04 Å². The second-order valence-electron chi connectivity index (χ2n) is 10.8. The maximum absolute atomic E-state index is 6.07. The van der Waals surface area contributed by atoms with Crippen LogP contribution in [0.1, 0.15) is 34.7 Å². The summed E-state index contributed by atoms with van der Waals surface area (Å²) < 4.78 is 6.07. The zero-order chi connectivity index (χ0) is 29.6. The highest BCUT2D eigenvalue weighted by Crippen LogP contribution is 2.36. The topological polar surface area (TPSA) is 41.6 Å². The number of allylic oxidation sites excluding steroid dienone is 1. The van der Waals surface area contributed by atoms with Gasteiger partial charge in [0.2, 0.25) is 5.89 Å². The molecule has 4 nitrogen and oxygen atoms in total. The van der Waals surface area contributed by atoms with Gasteiger partial charge in [0.1, 0.15) is 0 Å². The predicted octanol–water partition coefficient (Wildman–Crippen LogP) is 10.2. The Kier molecular flexibility index (Phi) is 7.79. The van der Waals surface area contributed by atoms with Crippen molar-refractivity contribution in [2.75, 3.05) is 5.01 Å². The van der Waals surface area contributed by atoms with Crippen LogP contribution in [0.5, 0.6) is 0 Å². The van der Waals surface area contributed by atoms with Crippen LogP contribution in [0.3, 0.4) is 0 Å². The molecule has 5 aromatic carbocycles. The van der Waals surface area contributed by atoms with E-state index in [1.165, 1.54) is 11.1 Å². The van der Waals surface area contributed by atoms with Gasteiger partial charge >= 0.3 is 0 Å². The highest BCUT2D eigenvalue weighted by molar-refractivity contribution is 6.01. The summed E-state index contributed by atoms with van der Waals surface area (Å²) in [5.41, 5.74) is 8.71. The van der Waals surface area contributed by atoms with Gasteiger partial charge in [0.25, 0.3) is 0 Å². The number of nitrogens with zero attached hydrogens (tertiary/aromatic N) is 3. The standard InChI is InChI=1S/C40H31N3O/c1-4-11-30(12-5-1)21-24-36-28-38(33-14-6-2-7-15-33)43(42-36)37-25-22-31(23-26-37)19-20-32-13-10-18-35(27-32)40-41-29-39(44-40)34-16-8-3-9-17-34/h1-27,29,38H,28H2/b20-19+,24-21?. The predicted molar refractivity (Wildman–Crippen MR) is 182 cm³/mol. The Hall–Kier alpha value is -5.74. The molecule has 4 heteroatoms. The van der Waals surface area contributed by atoms with Crippen molar-refractivity contribution in [3.8, 4) is 22.8 Å². The molecular formula is C40H31N3O. The molecule has 6 aromatic rings. The Labute approximate surface area is 258 Å². The van der Waals surface area contributed by atoms with Gasteiger partial charge in [-0.2, -0.15) is 5.10 Å². The first-order valence-corrected chi connectivity index (χ1v) is 14.8. The Morgan fingerprint density at radius 1 is 0.591 bits per heavy atom. The lowest BCUT2D eigenvalue weighted by molar-refractivity contribution is 0.589.